The first-order valence-electron chi connectivity index (χ1n) is 15.6. The molecule has 4 aromatic rings. The average Bonchev–Trinajstić information content (AvgIpc) is 3.26. The molecule has 0 bridgehead atoms. The molecule has 0 aliphatic carbocycles. The molecule has 4 aromatic carbocycles. The van der Waals surface area contributed by atoms with Crippen LogP contribution in [0.4, 0.5) is 0 Å². The lowest BCUT2D eigenvalue weighted by Crippen LogP contribution is -2.33. The highest BCUT2D eigenvalue weighted by Gasteiger charge is 2.39. The Morgan fingerprint density at radius 2 is 1.52 bits per heavy atom. The van der Waals surface area contributed by atoms with Crippen molar-refractivity contribution in [1.29, 1.82) is 0 Å². The van der Waals surface area contributed by atoms with Crippen LogP contribution in [-0.4, -0.2) is 30.8 Å². The fourth-order valence-electron chi connectivity index (χ4n) is 6.17. The quantitative estimate of drug-likeness (QED) is 0.138. The molecule has 44 heavy (non-hydrogen) atoms. The summed E-state index contributed by atoms with van der Waals surface area (Å²) >= 11 is 4.38. The summed E-state index contributed by atoms with van der Waals surface area (Å²) in [6.07, 6.45) is 2.77. The molecule has 0 aromatic heterocycles. The number of benzene rings is 4. The molecule has 2 heterocycles. The highest BCUT2D eigenvalue weighted by Crippen LogP contribution is 2.40. The molecular weight excluding hydrogens is 566 g/mol. The normalized spacial score (nSPS) is 21.7. The van der Waals surface area contributed by atoms with Crippen LogP contribution >= 0.6 is 12.8 Å². The van der Waals surface area contributed by atoms with Gasteiger partial charge in [-0.25, -0.2) is 4.40 Å². The fourth-order valence-corrected chi connectivity index (χ4v) is 6.36. The van der Waals surface area contributed by atoms with E-state index in [-0.39, 0.29) is 24.4 Å². The minimum atomic E-state index is -0.369. The average molecular weight is 608 g/mol. The summed E-state index contributed by atoms with van der Waals surface area (Å²) in [4.78, 5) is 0. The number of nitrogens with zero attached hydrogens (tertiary/aromatic N) is 1. The molecule has 2 aliphatic rings. The van der Waals surface area contributed by atoms with E-state index in [2.05, 4.69) is 103 Å². The van der Waals surface area contributed by atoms with Gasteiger partial charge in [-0.15, -0.1) is 0 Å². The van der Waals surface area contributed by atoms with Crippen molar-refractivity contribution in [3.05, 3.63) is 142 Å². The van der Waals surface area contributed by atoms with Gasteiger partial charge in [0.25, 0.3) is 0 Å². The van der Waals surface area contributed by atoms with E-state index in [4.69, 9.17) is 18.9 Å². The Kier molecular flexibility index (Phi) is 10.6. The van der Waals surface area contributed by atoms with Gasteiger partial charge in [-0.05, 0) is 70.7 Å². The zero-order valence-corrected chi connectivity index (χ0v) is 26.2. The fraction of sp³-hybridized carbons (Fsp3) is 0.342. The smallest absolute Gasteiger partial charge is 0.165 e. The lowest BCUT2D eigenvalue weighted by atomic mass is 9.85. The van der Waals surface area contributed by atoms with Crippen LogP contribution in [0.15, 0.2) is 108 Å². The molecule has 2 aliphatic heterocycles. The van der Waals surface area contributed by atoms with Crippen molar-refractivity contribution in [2.75, 3.05) is 6.61 Å². The monoisotopic (exact) mass is 607 g/mol. The molecule has 0 radical (unpaired) electrons. The van der Waals surface area contributed by atoms with E-state index in [1.165, 1.54) is 22.3 Å². The molecule has 1 saturated heterocycles. The molecule has 4 atom stereocenters. The van der Waals surface area contributed by atoms with E-state index >= 15 is 0 Å². The van der Waals surface area contributed by atoms with Crippen LogP contribution in [-0.2, 0) is 51.6 Å². The van der Waals surface area contributed by atoms with Crippen LogP contribution in [0.2, 0.25) is 0 Å². The standard InChI is InChI=1S/C38H41NO4S/c1-2-27-13-15-28(16-14-27)19-37(39-44)31-17-18-32-25-42-38-36(35(32)20-31)22-33(41-24-30-11-7-4-8-12-30)21-34(43-38)26-40-23-29-9-5-3-6-10-29/h3-18,20,33-34,36,38,44H,2,19,21-26H2,1H3/t33-,34-,36?,38-/m0/s1. The van der Waals surface area contributed by atoms with E-state index < -0.39 is 0 Å². The number of fused-ring (bicyclic) bond motifs is 3. The molecule has 6 rings (SSSR count). The van der Waals surface area contributed by atoms with Crippen LogP contribution < -0.4 is 0 Å². The van der Waals surface area contributed by atoms with Crippen molar-refractivity contribution in [2.24, 2.45) is 4.40 Å². The molecule has 0 N–H and O–H groups in total. The predicted octanol–water partition coefficient (Wildman–Crippen LogP) is 8.05. The summed E-state index contributed by atoms with van der Waals surface area (Å²) in [6, 6.07) is 35.9. The van der Waals surface area contributed by atoms with Gasteiger partial charge in [0.1, 0.15) is 0 Å². The summed E-state index contributed by atoms with van der Waals surface area (Å²) in [5, 5.41) is 0. The first kappa shape index (κ1) is 30.8. The highest BCUT2D eigenvalue weighted by atomic mass is 32.1. The van der Waals surface area contributed by atoms with Crippen molar-refractivity contribution in [3.8, 4) is 0 Å². The lowest BCUT2D eigenvalue weighted by Gasteiger charge is -2.34. The maximum atomic E-state index is 6.66. The Morgan fingerprint density at radius 1 is 0.818 bits per heavy atom. The van der Waals surface area contributed by atoms with Gasteiger partial charge in [0, 0.05) is 18.8 Å². The van der Waals surface area contributed by atoms with E-state index in [9.17, 15) is 0 Å². The molecule has 0 saturated carbocycles. The molecule has 1 fully saturated rings. The predicted molar refractivity (Wildman–Crippen MR) is 178 cm³/mol. The van der Waals surface area contributed by atoms with E-state index in [0.29, 0.717) is 26.4 Å². The topological polar surface area (TPSA) is 49.3 Å². The van der Waals surface area contributed by atoms with Gasteiger partial charge in [0.05, 0.1) is 44.3 Å². The Bertz CT molecular complexity index is 1510. The van der Waals surface area contributed by atoms with Gasteiger partial charge in [-0.3, -0.25) is 0 Å². The van der Waals surface area contributed by atoms with Gasteiger partial charge in [0.2, 0.25) is 0 Å². The molecule has 5 nitrogen and oxygen atoms in total. The van der Waals surface area contributed by atoms with Gasteiger partial charge in [-0.2, -0.15) is 0 Å². The lowest BCUT2D eigenvalue weighted by molar-refractivity contribution is -0.200. The zero-order valence-electron chi connectivity index (χ0n) is 25.3. The zero-order chi connectivity index (χ0) is 30.1. The van der Waals surface area contributed by atoms with Crippen molar-refractivity contribution in [2.45, 2.75) is 76.8 Å². The van der Waals surface area contributed by atoms with Crippen molar-refractivity contribution in [1.82, 2.24) is 0 Å². The number of thiol groups is 1. The summed E-state index contributed by atoms with van der Waals surface area (Å²) in [6.45, 7) is 4.27. The van der Waals surface area contributed by atoms with Crippen molar-refractivity contribution in [3.63, 3.8) is 0 Å². The summed E-state index contributed by atoms with van der Waals surface area (Å²) in [5.74, 6) is 0.0311. The second kappa shape index (κ2) is 15.2. The second-order valence-corrected chi connectivity index (χ2v) is 11.9. The van der Waals surface area contributed by atoms with Crippen molar-refractivity contribution >= 4 is 18.5 Å². The van der Waals surface area contributed by atoms with Gasteiger partial charge < -0.3 is 18.9 Å². The third-order valence-corrected chi connectivity index (χ3v) is 8.89. The van der Waals surface area contributed by atoms with E-state index in [1.807, 2.05) is 24.3 Å². The van der Waals surface area contributed by atoms with E-state index in [0.717, 1.165) is 48.1 Å². The molecular formula is C38H41NO4S. The number of hydrogen-bond donors (Lipinski definition) is 1. The first-order valence-corrected chi connectivity index (χ1v) is 16.0. The maximum Gasteiger partial charge on any atom is 0.165 e. The highest BCUT2D eigenvalue weighted by molar-refractivity contribution is 7.79. The SMILES string of the molecule is CCc1ccc(CC(=NS)c2ccc3c(c2)C2C[C@@H](OCc4ccccc4)C[C@@H](COCc4ccccc4)O[C@@H]2OC3)cc1. The van der Waals surface area contributed by atoms with Crippen LogP contribution in [0.5, 0.6) is 0 Å². The molecule has 228 valence electrons. The Balaban J connectivity index is 1.21. The third kappa shape index (κ3) is 7.87. The van der Waals surface area contributed by atoms with Crippen molar-refractivity contribution < 1.29 is 18.9 Å². The largest absolute Gasteiger partial charge is 0.374 e. The summed E-state index contributed by atoms with van der Waals surface area (Å²) < 4.78 is 30.2. The third-order valence-electron chi connectivity index (χ3n) is 8.65. The molecule has 6 heteroatoms. The Hall–Kier alpha value is -3.26. The number of ether oxygens (including phenoxy) is 4. The Morgan fingerprint density at radius 3 is 2.23 bits per heavy atom. The number of hydrogen-bond acceptors (Lipinski definition) is 6. The number of aryl methyl sites for hydroxylation is 1. The van der Waals surface area contributed by atoms with Gasteiger partial charge in [-0.1, -0.05) is 104 Å². The minimum Gasteiger partial charge on any atom is -0.374 e. The molecule has 1 unspecified atom stereocenters. The van der Waals surface area contributed by atoms with Crippen LogP contribution in [0.25, 0.3) is 0 Å². The van der Waals surface area contributed by atoms with Crippen LogP contribution in [0.1, 0.15) is 64.6 Å². The summed E-state index contributed by atoms with van der Waals surface area (Å²) in [7, 11) is 0. The minimum absolute atomic E-state index is 0.0103. The van der Waals surface area contributed by atoms with Crippen LogP contribution in [0.3, 0.4) is 0 Å². The summed E-state index contributed by atoms with van der Waals surface area (Å²) in [5.41, 5.74) is 9.32. The maximum absolute atomic E-state index is 6.66. The van der Waals surface area contributed by atoms with E-state index in [1.54, 1.807) is 0 Å². The van der Waals surface area contributed by atoms with Gasteiger partial charge >= 0.3 is 0 Å². The number of rotatable bonds is 11. The molecule has 0 spiro atoms. The Labute approximate surface area is 266 Å². The van der Waals surface area contributed by atoms with Crippen LogP contribution in [0, 0.1) is 0 Å². The molecule has 0 amide bonds. The van der Waals surface area contributed by atoms with Gasteiger partial charge in [0.15, 0.2) is 6.29 Å². The first-order chi connectivity index (χ1) is 21.7. The second-order valence-electron chi connectivity index (χ2n) is 11.7.